The fourth-order valence-electron chi connectivity index (χ4n) is 4.91. The predicted octanol–water partition coefficient (Wildman–Crippen LogP) is 5.43. The summed E-state index contributed by atoms with van der Waals surface area (Å²) < 4.78 is 6.04. The smallest absolute Gasteiger partial charge is 0.407 e. The van der Waals surface area contributed by atoms with Crippen molar-refractivity contribution in [3.8, 4) is 0 Å². The molecule has 0 aromatic carbocycles. The summed E-state index contributed by atoms with van der Waals surface area (Å²) in [5.41, 5.74) is 0.308. The standard InChI is InChI=1S/C25H35ClN6O3S/c1-15-13-20(31-23-27-14-19(26)36-23)30-21(28-15)16-9-11-32(12-10-16)22(33)17-7-5-6-8-18(17)29-24(34)35-25(2,3)4/h13-14,16-18H,5-12H2,1-4H3,(H,29,34)(H,27,28,30,31)/t17-,18+/m0/s1. The Kier molecular flexibility index (Phi) is 8.34. The summed E-state index contributed by atoms with van der Waals surface area (Å²) in [5, 5.41) is 6.86. The summed E-state index contributed by atoms with van der Waals surface area (Å²) >= 11 is 7.35. The Balaban J connectivity index is 1.36. The molecule has 2 amide bonds. The average molecular weight is 535 g/mol. The van der Waals surface area contributed by atoms with Crippen LogP contribution in [0.15, 0.2) is 12.3 Å². The van der Waals surface area contributed by atoms with Crippen LogP contribution in [0.4, 0.5) is 15.7 Å². The van der Waals surface area contributed by atoms with Gasteiger partial charge in [-0.15, -0.1) is 0 Å². The van der Waals surface area contributed by atoms with Crippen molar-refractivity contribution in [2.24, 2.45) is 5.92 Å². The van der Waals surface area contributed by atoms with Crippen LogP contribution in [0.25, 0.3) is 0 Å². The monoisotopic (exact) mass is 534 g/mol. The molecule has 2 N–H and O–H groups in total. The number of aromatic nitrogens is 3. The number of aryl methyl sites for hydroxylation is 1. The van der Waals surface area contributed by atoms with Crippen molar-refractivity contribution < 1.29 is 14.3 Å². The number of rotatable bonds is 5. The third-order valence-corrected chi connectivity index (χ3v) is 7.57. The molecule has 2 aromatic heterocycles. The lowest BCUT2D eigenvalue weighted by atomic mass is 9.83. The second-order valence-electron chi connectivity index (χ2n) is 10.6. The fourth-order valence-corrected chi connectivity index (χ4v) is 5.73. The summed E-state index contributed by atoms with van der Waals surface area (Å²) in [4.78, 5) is 41.4. The molecule has 9 nitrogen and oxygen atoms in total. The molecule has 0 unspecified atom stereocenters. The highest BCUT2D eigenvalue weighted by molar-refractivity contribution is 7.19. The summed E-state index contributed by atoms with van der Waals surface area (Å²) in [6.45, 7) is 8.77. The number of halogens is 1. The van der Waals surface area contributed by atoms with Crippen LogP contribution < -0.4 is 10.6 Å². The molecule has 196 valence electrons. The number of piperidine rings is 1. The van der Waals surface area contributed by atoms with Gasteiger partial charge in [0.15, 0.2) is 5.13 Å². The van der Waals surface area contributed by atoms with E-state index in [1.165, 1.54) is 11.3 Å². The lowest BCUT2D eigenvalue weighted by molar-refractivity contribution is -0.138. The third-order valence-electron chi connectivity index (χ3n) is 6.54. The first kappa shape index (κ1) is 26.6. The topological polar surface area (TPSA) is 109 Å². The van der Waals surface area contributed by atoms with E-state index in [2.05, 4.69) is 20.6 Å². The number of anilines is 2. The van der Waals surface area contributed by atoms with Gasteiger partial charge < -0.3 is 20.3 Å². The Hall–Kier alpha value is -2.46. The number of ether oxygens (including phenoxy) is 1. The molecule has 2 aliphatic rings. The molecule has 2 aromatic rings. The number of likely N-dealkylation sites (tertiary alicyclic amines) is 1. The Labute approximate surface area is 221 Å². The zero-order chi connectivity index (χ0) is 25.9. The first-order chi connectivity index (χ1) is 17.1. The molecule has 36 heavy (non-hydrogen) atoms. The normalized spacial score (nSPS) is 21.2. The molecule has 0 spiro atoms. The number of alkyl carbamates (subject to hydrolysis) is 1. The predicted molar refractivity (Wildman–Crippen MR) is 141 cm³/mol. The third kappa shape index (κ3) is 7.06. The van der Waals surface area contributed by atoms with Crippen molar-refractivity contribution in [1.29, 1.82) is 0 Å². The Morgan fingerprint density at radius 2 is 1.86 bits per heavy atom. The molecule has 1 saturated heterocycles. The minimum Gasteiger partial charge on any atom is -0.444 e. The van der Waals surface area contributed by atoms with Gasteiger partial charge in [0.1, 0.15) is 21.6 Å². The molecule has 1 saturated carbocycles. The molecular weight excluding hydrogens is 500 g/mol. The highest BCUT2D eigenvalue weighted by Crippen LogP contribution is 2.32. The van der Waals surface area contributed by atoms with Crippen molar-refractivity contribution in [3.05, 3.63) is 28.1 Å². The van der Waals surface area contributed by atoms with Gasteiger partial charge in [0.25, 0.3) is 0 Å². The summed E-state index contributed by atoms with van der Waals surface area (Å²) in [6.07, 6.45) is 6.34. The maximum absolute atomic E-state index is 13.5. The van der Waals surface area contributed by atoms with Gasteiger partial charge in [-0.05, 0) is 53.4 Å². The first-order valence-electron chi connectivity index (χ1n) is 12.6. The van der Waals surface area contributed by atoms with Crippen molar-refractivity contribution in [3.63, 3.8) is 0 Å². The van der Waals surface area contributed by atoms with E-state index in [9.17, 15) is 9.59 Å². The van der Waals surface area contributed by atoms with Gasteiger partial charge in [-0.25, -0.2) is 19.7 Å². The van der Waals surface area contributed by atoms with E-state index >= 15 is 0 Å². The number of carbonyl (C=O) groups is 2. The zero-order valence-electron chi connectivity index (χ0n) is 21.3. The van der Waals surface area contributed by atoms with Crippen LogP contribution in [0.2, 0.25) is 4.34 Å². The van der Waals surface area contributed by atoms with Gasteiger partial charge >= 0.3 is 6.09 Å². The zero-order valence-corrected chi connectivity index (χ0v) is 22.9. The number of hydrogen-bond acceptors (Lipinski definition) is 8. The van der Waals surface area contributed by atoms with Crippen LogP contribution >= 0.6 is 22.9 Å². The SMILES string of the molecule is Cc1cc(Nc2ncc(Cl)s2)nc(C2CCN(C(=O)[C@H]3CCCC[C@H]3NC(=O)OC(C)(C)C)CC2)n1. The second kappa shape index (κ2) is 11.3. The van der Waals surface area contributed by atoms with Gasteiger partial charge in [-0.2, -0.15) is 0 Å². The molecule has 2 fully saturated rings. The minimum absolute atomic E-state index is 0.127. The van der Waals surface area contributed by atoms with Crippen molar-refractivity contribution in [2.75, 3.05) is 18.4 Å². The minimum atomic E-state index is -0.569. The van der Waals surface area contributed by atoms with Crippen molar-refractivity contribution in [2.45, 2.75) is 83.8 Å². The summed E-state index contributed by atoms with van der Waals surface area (Å²) in [6, 6.07) is 1.70. The van der Waals surface area contributed by atoms with Crippen LogP contribution in [0.5, 0.6) is 0 Å². The van der Waals surface area contributed by atoms with E-state index in [4.69, 9.17) is 21.3 Å². The highest BCUT2D eigenvalue weighted by atomic mass is 35.5. The quantitative estimate of drug-likeness (QED) is 0.526. The highest BCUT2D eigenvalue weighted by Gasteiger charge is 2.37. The van der Waals surface area contributed by atoms with Gasteiger partial charge in [0, 0.05) is 36.8 Å². The molecule has 0 bridgehead atoms. The van der Waals surface area contributed by atoms with E-state index < -0.39 is 11.7 Å². The van der Waals surface area contributed by atoms with Crippen LogP contribution in [-0.2, 0) is 9.53 Å². The van der Waals surface area contributed by atoms with E-state index in [1.54, 1.807) is 6.20 Å². The van der Waals surface area contributed by atoms with Gasteiger partial charge in [-0.3, -0.25) is 4.79 Å². The lowest BCUT2D eigenvalue weighted by Crippen LogP contribution is -2.51. The molecule has 2 atom stereocenters. The number of nitrogens with zero attached hydrogens (tertiary/aromatic N) is 4. The lowest BCUT2D eigenvalue weighted by Gasteiger charge is -2.38. The number of amides is 2. The fraction of sp³-hybridized carbons (Fsp3) is 0.640. The number of nitrogens with one attached hydrogen (secondary N) is 2. The van der Waals surface area contributed by atoms with Gasteiger partial charge in [0.05, 0.1) is 12.1 Å². The molecule has 3 heterocycles. The Morgan fingerprint density at radius 3 is 2.53 bits per heavy atom. The van der Waals surface area contributed by atoms with Crippen LogP contribution in [0, 0.1) is 12.8 Å². The second-order valence-corrected chi connectivity index (χ2v) is 12.3. The number of hydrogen-bond donors (Lipinski definition) is 2. The maximum Gasteiger partial charge on any atom is 0.407 e. The van der Waals surface area contributed by atoms with Crippen LogP contribution in [0.1, 0.15) is 76.7 Å². The molecule has 4 rings (SSSR count). The number of thiazole rings is 1. The average Bonchev–Trinajstić information content (AvgIpc) is 3.22. The van der Waals surface area contributed by atoms with E-state index in [-0.39, 0.29) is 23.8 Å². The summed E-state index contributed by atoms with van der Waals surface area (Å²) in [7, 11) is 0. The molecular formula is C25H35ClN6O3S. The largest absolute Gasteiger partial charge is 0.444 e. The van der Waals surface area contributed by atoms with Crippen molar-refractivity contribution >= 4 is 45.9 Å². The van der Waals surface area contributed by atoms with Gasteiger partial charge in [0.2, 0.25) is 5.91 Å². The Morgan fingerprint density at radius 1 is 1.14 bits per heavy atom. The molecule has 11 heteroatoms. The van der Waals surface area contributed by atoms with Gasteiger partial charge in [-0.1, -0.05) is 35.8 Å². The van der Waals surface area contributed by atoms with Crippen molar-refractivity contribution in [1.82, 2.24) is 25.2 Å². The maximum atomic E-state index is 13.5. The Bertz CT molecular complexity index is 1080. The first-order valence-corrected chi connectivity index (χ1v) is 13.8. The summed E-state index contributed by atoms with van der Waals surface area (Å²) in [5.74, 6) is 1.58. The van der Waals surface area contributed by atoms with E-state index in [0.717, 1.165) is 50.0 Å². The molecule has 1 aliphatic heterocycles. The number of carbonyl (C=O) groups excluding carboxylic acids is 2. The molecule has 0 radical (unpaired) electrons. The molecule has 1 aliphatic carbocycles. The van der Waals surface area contributed by atoms with Crippen LogP contribution in [0.3, 0.4) is 0 Å². The van der Waals surface area contributed by atoms with E-state index in [1.807, 2.05) is 38.7 Å². The van der Waals surface area contributed by atoms with Crippen LogP contribution in [-0.4, -0.2) is 56.6 Å². The van der Waals surface area contributed by atoms with E-state index in [0.29, 0.717) is 28.4 Å².